The Labute approximate surface area is 180 Å². The zero-order chi connectivity index (χ0) is 13.5. The maximum Gasteiger partial charge on any atom is 4.00 e. The fraction of sp³-hybridized carbons (Fsp3) is 0.0500. The van der Waals surface area contributed by atoms with Gasteiger partial charge in [-0.3, -0.25) is 0 Å². The minimum atomic E-state index is 0. The van der Waals surface area contributed by atoms with Crippen molar-refractivity contribution in [2.45, 2.75) is 6.92 Å². The Morgan fingerprint density at radius 2 is 1.25 bits per heavy atom. The number of benzene rings is 3. The fourth-order valence-electron chi connectivity index (χ4n) is 3.08. The Hall–Kier alpha value is -0.717. The van der Waals surface area contributed by atoms with Crippen LogP contribution in [0, 0.1) is 6.92 Å². The summed E-state index contributed by atoms with van der Waals surface area (Å²) >= 11 is 0. The molecule has 0 aliphatic rings. The van der Waals surface area contributed by atoms with Gasteiger partial charge in [0.05, 0.1) is 0 Å². The summed E-state index contributed by atoms with van der Waals surface area (Å²) in [5.41, 5.74) is 3.97. The molecule has 0 bridgehead atoms. The normalized spacial score (nSPS) is 9.38. The van der Waals surface area contributed by atoms with Gasteiger partial charge in [-0.25, -0.2) is 0 Å². The van der Waals surface area contributed by atoms with Crippen molar-refractivity contribution in [2.75, 3.05) is 0 Å². The summed E-state index contributed by atoms with van der Waals surface area (Å²) in [6.45, 7) is 2.16. The third-order valence-electron chi connectivity index (χ3n) is 3.97. The van der Waals surface area contributed by atoms with Gasteiger partial charge >= 0.3 is 26.2 Å². The van der Waals surface area contributed by atoms with Crippen LogP contribution in [0.15, 0.2) is 72.8 Å². The SMILES string of the molecule is Cc1cc2c(-c3cccc4ccccc34)cccc2[cH-]1.[Cl-].[Cl-].[Cl-].[Zr+4]. The summed E-state index contributed by atoms with van der Waals surface area (Å²) in [5.74, 6) is 0. The molecular formula is C20H15Cl3Zr. The van der Waals surface area contributed by atoms with Gasteiger partial charge in [-0.1, -0.05) is 61.0 Å². The standard InChI is InChI=1S/C20H15.3ClH.Zr/c1-14-12-16-8-5-11-19(20(16)13-14)18-10-4-7-15-6-2-3-9-17(15)18;;;;/h2-13H,1H3;3*1H;/q-1;;;;+4/p-3. The van der Waals surface area contributed by atoms with Gasteiger partial charge in [-0.2, -0.15) is 6.07 Å². The molecule has 0 aliphatic carbocycles. The van der Waals surface area contributed by atoms with Crippen LogP contribution in [0.4, 0.5) is 0 Å². The molecular weight excluding hydrogens is 438 g/mol. The monoisotopic (exact) mass is 450 g/mol. The molecule has 0 spiro atoms. The third kappa shape index (κ3) is 4.09. The molecule has 0 unspecified atom stereocenters. The number of aryl methyl sites for hydroxylation is 1. The number of fused-ring (bicyclic) bond motifs is 2. The van der Waals surface area contributed by atoms with Gasteiger partial charge in [-0.15, -0.1) is 34.5 Å². The molecule has 0 radical (unpaired) electrons. The molecule has 0 amide bonds. The van der Waals surface area contributed by atoms with Crippen LogP contribution in [-0.4, -0.2) is 0 Å². The molecule has 24 heavy (non-hydrogen) atoms. The van der Waals surface area contributed by atoms with E-state index >= 15 is 0 Å². The van der Waals surface area contributed by atoms with Crippen LogP contribution >= 0.6 is 0 Å². The first kappa shape index (κ1) is 23.3. The van der Waals surface area contributed by atoms with Gasteiger partial charge in [0.25, 0.3) is 0 Å². The number of rotatable bonds is 1. The molecule has 0 N–H and O–H groups in total. The summed E-state index contributed by atoms with van der Waals surface area (Å²) in [5, 5.41) is 5.29. The van der Waals surface area contributed by atoms with E-state index in [2.05, 4.69) is 79.7 Å². The van der Waals surface area contributed by atoms with E-state index in [-0.39, 0.29) is 63.4 Å². The Morgan fingerprint density at radius 3 is 2.00 bits per heavy atom. The van der Waals surface area contributed by atoms with Crippen molar-refractivity contribution in [1.29, 1.82) is 0 Å². The minimum absolute atomic E-state index is 0. The second-order valence-electron chi connectivity index (χ2n) is 5.37. The molecule has 120 valence electrons. The predicted octanol–water partition coefficient (Wildman–Crippen LogP) is -3.30. The average Bonchev–Trinajstić information content (AvgIpc) is 2.87. The van der Waals surface area contributed by atoms with Crippen LogP contribution in [0.2, 0.25) is 0 Å². The Morgan fingerprint density at radius 1 is 0.667 bits per heavy atom. The molecule has 0 fully saturated rings. The number of hydrogen-bond acceptors (Lipinski definition) is 0. The van der Waals surface area contributed by atoms with Gasteiger partial charge in [0.2, 0.25) is 0 Å². The zero-order valence-electron chi connectivity index (χ0n) is 13.1. The second kappa shape index (κ2) is 9.68. The summed E-state index contributed by atoms with van der Waals surface area (Å²) in [7, 11) is 0. The van der Waals surface area contributed by atoms with Crippen molar-refractivity contribution in [3.63, 3.8) is 0 Å². The van der Waals surface area contributed by atoms with Crippen LogP contribution in [0.1, 0.15) is 5.56 Å². The average molecular weight is 453 g/mol. The van der Waals surface area contributed by atoms with E-state index < -0.39 is 0 Å². The topological polar surface area (TPSA) is 0 Å². The Balaban J connectivity index is 0.00000132. The Bertz CT molecular complexity index is 923. The van der Waals surface area contributed by atoms with Gasteiger partial charge in [0.1, 0.15) is 0 Å². The van der Waals surface area contributed by atoms with Crippen LogP contribution in [0.5, 0.6) is 0 Å². The molecule has 4 heteroatoms. The largest absolute Gasteiger partial charge is 4.00 e. The van der Waals surface area contributed by atoms with Crippen LogP contribution in [-0.2, 0) is 26.2 Å². The molecule has 4 rings (SSSR count). The first-order valence-electron chi connectivity index (χ1n) is 6.97. The maximum absolute atomic E-state index is 2.28. The van der Waals surface area contributed by atoms with Crippen molar-refractivity contribution < 1.29 is 63.4 Å². The fourth-order valence-corrected chi connectivity index (χ4v) is 3.08. The third-order valence-corrected chi connectivity index (χ3v) is 3.97. The molecule has 0 nitrogen and oxygen atoms in total. The quantitative estimate of drug-likeness (QED) is 0.265. The molecule has 0 aliphatic heterocycles. The van der Waals surface area contributed by atoms with E-state index in [9.17, 15) is 0 Å². The van der Waals surface area contributed by atoms with Crippen molar-refractivity contribution in [2.24, 2.45) is 0 Å². The van der Waals surface area contributed by atoms with E-state index in [1.54, 1.807) is 0 Å². The smallest absolute Gasteiger partial charge is 1.00 e. The molecule has 0 heterocycles. The maximum atomic E-state index is 2.28. The first-order valence-corrected chi connectivity index (χ1v) is 6.97. The molecule has 4 aromatic carbocycles. The number of halogens is 3. The minimum Gasteiger partial charge on any atom is -1.00 e. The zero-order valence-corrected chi connectivity index (χ0v) is 17.8. The van der Waals surface area contributed by atoms with Crippen LogP contribution in [0.3, 0.4) is 0 Å². The van der Waals surface area contributed by atoms with Gasteiger partial charge in [0, 0.05) is 0 Å². The van der Waals surface area contributed by atoms with Gasteiger partial charge in [0.15, 0.2) is 0 Å². The van der Waals surface area contributed by atoms with E-state index in [0.29, 0.717) is 0 Å². The number of hydrogen-bond donors (Lipinski definition) is 0. The summed E-state index contributed by atoms with van der Waals surface area (Å²) < 4.78 is 0. The van der Waals surface area contributed by atoms with Crippen molar-refractivity contribution >= 4 is 21.5 Å². The predicted molar refractivity (Wildman–Crippen MR) is 87.2 cm³/mol. The van der Waals surface area contributed by atoms with E-state index in [4.69, 9.17) is 0 Å². The summed E-state index contributed by atoms with van der Waals surface area (Å²) in [6, 6.07) is 26.2. The first-order chi connectivity index (χ1) is 9.83. The van der Waals surface area contributed by atoms with Crippen molar-refractivity contribution in [3.8, 4) is 11.1 Å². The van der Waals surface area contributed by atoms with Crippen LogP contribution in [0.25, 0.3) is 32.7 Å². The van der Waals surface area contributed by atoms with Crippen molar-refractivity contribution in [3.05, 3.63) is 78.4 Å². The molecule has 0 saturated carbocycles. The summed E-state index contributed by atoms with van der Waals surface area (Å²) in [4.78, 5) is 0. The van der Waals surface area contributed by atoms with E-state index in [0.717, 1.165) is 0 Å². The van der Waals surface area contributed by atoms with Crippen LogP contribution < -0.4 is 37.2 Å². The van der Waals surface area contributed by atoms with E-state index in [1.807, 2.05) is 0 Å². The van der Waals surface area contributed by atoms with Gasteiger partial charge in [-0.05, 0) is 16.3 Å². The Kier molecular flexibility index (Phi) is 9.40. The second-order valence-corrected chi connectivity index (χ2v) is 5.37. The molecule has 4 aromatic rings. The molecule has 0 atom stereocenters. The molecule has 0 aromatic heterocycles. The van der Waals surface area contributed by atoms with Crippen molar-refractivity contribution in [1.82, 2.24) is 0 Å². The van der Waals surface area contributed by atoms with E-state index in [1.165, 1.54) is 38.2 Å². The van der Waals surface area contributed by atoms with Gasteiger partial charge < -0.3 is 37.2 Å². The molecule has 0 saturated heterocycles. The summed E-state index contributed by atoms with van der Waals surface area (Å²) in [6.07, 6.45) is 0.